The molecule has 176 valence electrons. The number of fused-ring (bicyclic) bond motifs is 1. The van der Waals surface area contributed by atoms with Gasteiger partial charge in [0.1, 0.15) is 11.9 Å². The number of rotatable bonds is 7. The van der Waals surface area contributed by atoms with Crippen LogP contribution in [0.15, 0.2) is 103 Å². The van der Waals surface area contributed by atoms with Gasteiger partial charge in [0.05, 0.1) is 16.7 Å². The lowest BCUT2D eigenvalue weighted by atomic mass is 9.99. The SMILES string of the molecule is CN1NN(C(Cc2cccc(-c3ccccc3)c2)c2nc3ccccc3[nH]2)C=C1C=CC(=O)NO. The number of carbonyl (C=O) groups is 1. The van der Waals surface area contributed by atoms with Gasteiger partial charge in [-0.3, -0.25) is 20.0 Å². The molecule has 35 heavy (non-hydrogen) atoms. The summed E-state index contributed by atoms with van der Waals surface area (Å²) in [5.74, 6) is 0.233. The van der Waals surface area contributed by atoms with Crippen LogP contribution >= 0.6 is 0 Å². The van der Waals surface area contributed by atoms with Crippen LogP contribution in [0.2, 0.25) is 0 Å². The van der Waals surface area contributed by atoms with Crippen molar-refractivity contribution >= 4 is 16.9 Å². The molecule has 0 spiro atoms. The summed E-state index contributed by atoms with van der Waals surface area (Å²) >= 11 is 0. The number of nitrogens with zero attached hydrogens (tertiary/aromatic N) is 3. The topological polar surface area (TPSA) is 96.5 Å². The predicted molar refractivity (Wildman–Crippen MR) is 134 cm³/mol. The fraction of sp³-hybridized carbons (Fsp3) is 0.111. The molecule has 8 heteroatoms. The Morgan fingerprint density at radius 2 is 1.83 bits per heavy atom. The number of hydrazine groups is 2. The van der Waals surface area contributed by atoms with Crippen LogP contribution in [0.5, 0.6) is 0 Å². The van der Waals surface area contributed by atoms with Crippen molar-refractivity contribution in [1.82, 2.24) is 31.0 Å². The molecule has 1 amide bonds. The van der Waals surface area contributed by atoms with Crippen LogP contribution in [0.1, 0.15) is 17.4 Å². The van der Waals surface area contributed by atoms with Gasteiger partial charge in [-0.05, 0) is 34.9 Å². The highest BCUT2D eigenvalue weighted by atomic mass is 16.5. The van der Waals surface area contributed by atoms with Gasteiger partial charge >= 0.3 is 0 Å². The molecule has 2 heterocycles. The minimum Gasteiger partial charge on any atom is -0.340 e. The highest BCUT2D eigenvalue weighted by Gasteiger charge is 2.27. The van der Waals surface area contributed by atoms with Crippen molar-refractivity contribution in [2.75, 3.05) is 7.05 Å². The third kappa shape index (κ3) is 4.93. The van der Waals surface area contributed by atoms with Crippen molar-refractivity contribution in [3.63, 3.8) is 0 Å². The van der Waals surface area contributed by atoms with Gasteiger partial charge in [-0.25, -0.2) is 10.5 Å². The Morgan fingerprint density at radius 1 is 1.06 bits per heavy atom. The number of hydroxylamine groups is 1. The highest BCUT2D eigenvalue weighted by molar-refractivity contribution is 5.86. The average molecular weight is 467 g/mol. The summed E-state index contributed by atoms with van der Waals surface area (Å²) in [5.41, 5.74) is 11.1. The molecule has 3 aromatic carbocycles. The zero-order valence-electron chi connectivity index (χ0n) is 19.2. The summed E-state index contributed by atoms with van der Waals surface area (Å²) in [6, 6.07) is 26.6. The van der Waals surface area contributed by atoms with Gasteiger partial charge in [-0.1, -0.05) is 66.7 Å². The Kier molecular flexibility index (Phi) is 6.30. The van der Waals surface area contributed by atoms with E-state index in [1.807, 2.05) is 60.7 Å². The largest absolute Gasteiger partial charge is 0.340 e. The number of hydrogen-bond acceptors (Lipinski definition) is 6. The van der Waals surface area contributed by atoms with Crippen LogP contribution in [0, 0.1) is 0 Å². The van der Waals surface area contributed by atoms with Gasteiger partial charge in [-0.15, -0.1) is 5.53 Å². The quantitative estimate of drug-likeness (QED) is 0.186. The summed E-state index contributed by atoms with van der Waals surface area (Å²) in [7, 11) is 1.86. The molecular formula is C27H26N6O2. The Bertz CT molecular complexity index is 1360. The number of imidazole rings is 1. The standard InChI is InChI=1S/C27H26N6O2/c1-32-22(14-15-26(34)30-35)18-33(31-32)25(27-28-23-12-5-6-13-24(23)29-27)17-19-8-7-11-21(16-19)20-9-3-2-4-10-20/h2-16,18,25,31,35H,17H2,1H3,(H,28,29)(H,30,34). The van der Waals surface area contributed by atoms with Crippen molar-refractivity contribution < 1.29 is 10.0 Å². The molecule has 1 unspecified atom stereocenters. The first-order valence-electron chi connectivity index (χ1n) is 11.3. The number of nitrogens with one attached hydrogen (secondary N) is 3. The Hall–Kier alpha value is -4.40. The summed E-state index contributed by atoms with van der Waals surface area (Å²) in [6.07, 6.45) is 5.50. The van der Waals surface area contributed by atoms with Crippen LogP contribution in [0.4, 0.5) is 0 Å². The summed E-state index contributed by atoms with van der Waals surface area (Å²) in [5, 5.41) is 12.6. The predicted octanol–water partition coefficient (Wildman–Crippen LogP) is 4.08. The monoisotopic (exact) mass is 466 g/mol. The third-order valence-electron chi connectivity index (χ3n) is 5.96. The van der Waals surface area contributed by atoms with Crippen LogP contribution in [0.25, 0.3) is 22.2 Å². The van der Waals surface area contributed by atoms with E-state index in [1.165, 1.54) is 17.2 Å². The minimum atomic E-state index is -0.593. The first kappa shape index (κ1) is 22.4. The van der Waals surface area contributed by atoms with Gasteiger partial charge in [0, 0.05) is 25.7 Å². The Balaban J connectivity index is 1.50. The lowest BCUT2D eigenvalue weighted by molar-refractivity contribution is -0.124. The number of para-hydroxylation sites is 2. The number of allylic oxidation sites excluding steroid dienone is 1. The van der Waals surface area contributed by atoms with E-state index in [9.17, 15) is 4.79 Å². The number of likely N-dealkylation sites (N-methyl/N-ethyl adjacent to an activating group) is 1. The second-order valence-corrected chi connectivity index (χ2v) is 8.36. The first-order chi connectivity index (χ1) is 17.1. The molecule has 0 fully saturated rings. The number of aromatic amines is 1. The number of aromatic nitrogens is 2. The summed E-state index contributed by atoms with van der Waals surface area (Å²) < 4.78 is 0. The zero-order valence-corrected chi connectivity index (χ0v) is 19.2. The Labute approximate surface area is 203 Å². The Morgan fingerprint density at radius 3 is 2.63 bits per heavy atom. The third-order valence-corrected chi connectivity index (χ3v) is 5.96. The van der Waals surface area contributed by atoms with E-state index in [4.69, 9.17) is 10.2 Å². The van der Waals surface area contributed by atoms with Gasteiger partial charge in [0.15, 0.2) is 0 Å². The van der Waals surface area contributed by atoms with Gasteiger partial charge in [0.2, 0.25) is 0 Å². The molecule has 0 saturated carbocycles. The fourth-order valence-corrected chi connectivity index (χ4v) is 4.19. The van der Waals surface area contributed by atoms with E-state index in [-0.39, 0.29) is 6.04 Å². The van der Waals surface area contributed by atoms with Crippen LogP contribution < -0.4 is 11.0 Å². The van der Waals surface area contributed by atoms with Gasteiger partial charge in [-0.2, -0.15) is 0 Å². The highest BCUT2D eigenvalue weighted by Crippen LogP contribution is 2.29. The molecule has 0 radical (unpaired) electrons. The first-order valence-corrected chi connectivity index (χ1v) is 11.3. The van der Waals surface area contributed by atoms with E-state index < -0.39 is 5.91 Å². The van der Waals surface area contributed by atoms with Crippen molar-refractivity contribution in [1.29, 1.82) is 0 Å². The summed E-state index contributed by atoms with van der Waals surface area (Å²) in [4.78, 5) is 19.8. The van der Waals surface area contributed by atoms with Crippen LogP contribution in [-0.4, -0.2) is 38.1 Å². The minimum absolute atomic E-state index is 0.159. The number of hydrogen-bond donors (Lipinski definition) is 4. The van der Waals surface area contributed by atoms with E-state index in [0.29, 0.717) is 6.42 Å². The second kappa shape index (κ2) is 9.84. The smallest absolute Gasteiger partial charge is 0.267 e. The average Bonchev–Trinajstić information content (AvgIpc) is 3.49. The van der Waals surface area contributed by atoms with Gasteiger partial charge < -0.3 is 4.98 Å². The maximum Gasteiger partial charge on any atom is 0.267 e. The lowest BCUT2D eigenvalue weighted by Crippen LogP contribution is -2.41. The molecule has 8 nitrogen and oxygen atoms in total. The molecule has 1 aliphatic heterocycles. The van der Waals surface area contributed by atoms with Crippen molar-refractivity contribution in [2.45, 2.75) is 12.5 Å². The molecular weight excluding hydrogens is 440 g/mol. The molecule has 1 aliphatic rings. The van der Waals surface area contributed by atoms with Crippen LogP contribution in [0.3, 0.4) is 0 Å². The molecule has 1 aromatic heterocycles. The van der Waals surface area contributed by atoms with Crippen LogP contribution in [-0.2, 0) is 11.2 Å². The number of carbonyl (C=O) groups excluding carboxylic acids is 1. The number of H-pyrrole nitrogens is 1. The van der Waals surface area contributed by atoms with Crippen molar-refractivity contribution in [3.05, 3.63) is 114 Å². The molecule has 0 saturated heterocycles. The normalized spacial score (nSPS) is 14.5. The van der Waals surface area contributed by atoms with E-state index >= 15 is 0 Å². The maximum absolute atomic E-state index is 11.5. The fourth-order valence-electron chi connectivity index (χ4n) is 4.19. The second-order valence-electron chi connectivity index (χ2n) is 8.36. The maximum atomic E-state index is 11.5. The van der Waals surface area contributed by atoms with Crippen molar-refractivity contribution in [2.24, 2.45) is 0 Å². The zero-order chi connectivity index (χ0) is 24.2. The molecule has 1 atom stereocenters. The molecule has 0 bridgehead atoms. The summed E-state index contributed by atoms with van der Waals surface area (Å²) in [6.45, 7) is 0. The van der Waals surface area contributed by atoms with Gasteiger partial charge in [0.25, 0.3) is 5.91 Å². The van der Waals surface area contributed by atoms with Crippen molar-refractivity contribution in [3.8, 4) is 11.1 Å². The lowest BCUT2D eigenvalue weighted by Gasteiger charge is -2.28. The van der Waals surface area contributed by atoms with E-state index in [2.05, 4.69) is 46.9 Å². The number of amides is 1. The number of benzene rings is 3. The van der Waals surface area contributed by atoms with E-state index in [1.54, 1.807) is 16.6 Å². The molecule has 4 N–H and O–H groups in total. The van der Waals surface area contributed by atoms with E-state index in [0.717, 1.165) is 28.1 Å². The molecule has 5 rings (SSSR count). The molecule has 4 aromatic rings. The molecule has 0 aliphatic carbocycles.